The highest BCUT2D eigenvalue weighted by molar-refractivity contribution is 6.31. The van der Waals surface area contributed by atoms with Gasteiger partial charge in [0.15, 0.2) is 11.5 Å². The highest BCUT2D eigenvalue weighted by Crippen LogP contribution is 2.38. The molecule has 0 saturated carbocycles. The fraction of sp³-hybridized carbons (Fsp3) is 0.273. The van der Waals surface area contributed by atoms with Gasteiger partial charge in [0, 0.05) is 42.1 Å². The van der Waals surface area contributed by atoms with Crippen molar-refractivity contribution in [1.82, 2.24) is 9.47 Å². The SMILES string of the molecule is COc1cccc(CN2CCCn3cccc3C2c2ccccc2Cl)c1O. The summed E-state index contributed by atoms with van der Waals surface area (Å²) >= 11 is 6.59. The fourth-order valence-electron chi connectivity index (χ4n) is 3.94. The fourth-order valence-corrected chi connectivity index (χ4v) is 4.18. The smallest absolute Gasteiger partial charge is 0.162 e. The van der Waals surface area contributed by atoms with Crippen LogP contribution < -0.4 is 4.74 Å². The molecule has 1 N–H and O–H groups in total. The number of fused-ring (bicyclic) bond motifs is 1. The second-order valence-electron chi connectivity index (χ2n) is 6.84. The molecule has 0 fully saturated rings. The van der Waals surface area contributed by atoms with Crippen LogP contribution in [0.1, 0.15) is 29.3 Å². The summed E-state index contributed by atoms with van der Waals surface area (Å²) in [4.78, 5) is 2.38. The van der Waals surface area contributed by atoms with E-state index in [0.29, 0.717) is 12.3 Å². The van der Waals surface area contributed by atoms with Gasteiger partial charge in [0.05, 0.1) is 13.2 Å². The number of hydrogen-bond acceptors (Lipinski definition) is 3. The quantitative estimate of drug-likeness (QED) is 0.700. The van der Waals surface area contributed by atoms with Crippen molar-refractivity contribution in [1.29, 1.82) is 0 Å². The van der Waals surface area contributed by atoms with Gasteiger partial charge in [-0.25, -0.2) is 0 Å². The lowest BCUT2D eigenvalue weighted by atomic mass is 10.0. The van der Waals surface area contributed by atoms with E-state index in [0.717, 1.165) is 35.7 Å². The Morgan fingerprint density at radius 2 is 1.93 bits per heavy atom. The van der Waals surface area contributed by atoms with Crippen molar-refractivity contribution in [3.8, 4) is 11.5 Å². The Bertz CT molecular complexity index is 938. The van der Waals surface area contributed by atoms with Crippen LogP contribution in [0.25, 0.3) is 0 Å². The summed E-state index contributed by atoms with van der Waals surface area (Å²) in [6.45, 7) is 2.50. The Kier molecular flexibility index (Phi) is 5.10. The number of ether oxygens (including phenoxy) is 1. The van der Waals surface area contributed by atoms with Crippen LogP contribution in [-0.4, -0.2) is 28.2 Å². The zero-order valence-electron chi connectivity index (χ0n) is 15.3. The third kappa shape index (κ3) is 3.43. The highest BCUT2D eigenvalue weighted by atomic mass is 35.5. The van der Waals surface area contributed by atoms with Crippen LogP contribution in [0.15, 0.2) is 60.8 Å². The summed E-state index contributed by atoms with van der Waals surface area (Å²) < 4.78 is 7.59. The molecule has 0 radical (unpaired) electrons. The van der Waals surface area contributed by atoms with Gasteiger partial charge in [0.25, 0.3) is 0 Å². The topological polar surface area (TPSA) is 37.6 Å². The number of methoxy groups -OCH3 is 1. The van der Waals surface area contributed by atoms with Gasteiger partial charge in [0.1, 0.15) is 0 Å². The van der Waals surface area contributed by atoms with Crippen LogP contribution in [-0.2, 0) is 13.1 Å². The van der Waals surface area contributed by atoms with Gasteiger partial charge >= 0.3 is 0 Å². The van der Waals surface area contributed by atoms with E-state index < -0.39 is 0 Å². The first-order valence-electron chi connectivity index (χ1n) is 9.17. The zero-order valence-corrected chi connectivity index (χ0v) is 16.1. The Labute approximate surface area is 164 Å². The number of phenols is 1. The third-order valence-electron chi connectivity index (χ3n) is 5.23. The first kappa shape index (κ1) is 18.0. The molecule has 0 saturated heterocycles. The normalized spacial score (nSPS) is 17.3. The van der Waals surface area contributed by atoms with E-state index in [1.54, 1.807) is 13.2 Å². The van der Waals surface area contributed by atoms with E-state index in [9.17, 15) is 5.11 Å². The van der Waals surface area contributed by atoms with Crippen LogP contribution in [0.3, 0.4) is 0 Å². The molecule has 1 aliphatic rings. The number of rotatable bonds is 4. The molecule has 4 nitrogen and oxygen atoms in total. The molecule has 0 aliphatic carbocycles. The average molecular weight is 383 g/mol. The van der Waals surface area contributed by atoms with Gasteiger partial charge in [-0.2, -0.15) is 0 Å². The van der Waals surface area contributed by atoms with Gasteiger partial charge < -0.3 is 14.4 Å². The van der Waals surface area contributed by atoms with Gasteiger partial charge in [0.2, 0.25) is 0 Å². The number of para-hydroxylation sites is 1. The van der Waals surface area contributed by atoms with E-state index in [2.05, 4.69) is 33.9 Å². The Balaban J connectivity index is 1.77. The number of aromatic nitrogens is 1. The Morgan fingerprint density at radius 3 is 2.74 bits per heavy atom. The Morgan fingerprint density at radius 1 is 1.07 bits per heavy atom. The number of hydrogen-bond donors (Lipinski definition) is 1. The van der Waals surface area contributed by atoms with Crippen molar-refractivity contribution in [2.45, 2.75) is 25.6 Å². The summed E-state index contributed by atoms with van der Waals surface area (Å²) in [6.07, 6.45) is 3.17. The molecule has 27 heavy (non-hydrogen) atoms. The maximum absolute atomic E-state index is 10.6. The van der Waals surface area contributed by atoms with Crippen LogP contribution in [0, 0.1) is 0 Å². The number of phenolic OH excluding ortho intramolecular Hbond substituents is 1. The minimum Gasteiger partial charge on any atom is -0.504 e. The minimum absolute atomic E-state index is 0.0294. The third-order valence-corrected chi connectivity index (χ3v) is 5.57. The minimum atomic E-state index is 0.0294. The molecule has 4 rings (SSSR count). The number of aryl methyl sites for hydroxylation is 1. The maximum Gasteiger partial charge on any atom is 0.162 e. The van der Waals surface area contributed by atoms with Gasteiger partial charge in [-0.15, -0.1) is 0 Å². The first-order chi connectivity index (χ1) is 13.2. The number of nitrogens with zero attached hydrogens (tertiary/aromatic N) is 2. The standard InChI is InChI=1S/C22H23ClN2O2/c1-27-20-11-4-7-16(22(20)26)15-25-14-6-13-24-12-5-10-19(24)21(25)17-8-2-3-9-18(17)23/h2-5,7-12,21,26H,6,13-15H2,1H3. The average Bonchev–Trinajstić information content (AvgIpc) is 3.06. The van der Waals surface area contributed by atoms with Crippen LogP contribution in [0.2, 0.25) is 5.02 Å². The predicted octanol–water partition coefficient (Wildman–Crippen LogP) is 4.85. The van der Waals surface area contributed by atoms with E-state index in [-0.39, 0.29) is 11.8 Å². The molecular weight excluding hydrogens is 360 g/mol. The molecular formula is C22H23ClN2O2. The molecule has 1 aromatic heterocycles. The van der Waals surface area contributed by atoms with Crippen molar-refractivity contribution in [2.75, 3.05) is 13.7 Å². The molecule has 0 bridgehead atoms. The van der Waals surface area contributed by atoms with Gasteiger partial charge in [-0.1, -0.05) is 41.9 Å². The van der Waals surface area contributed by atoms with Crippen LogP contribution in [0.4, 0.5) is 0 Å². The van der Waals surface area contributed by atoms with Crippen molar-refractivity contribution < 1.29 is 9.84 Å². The van der Waals surface area contributed by atoms with Crippen LogP contribution >= 0.6 is 11.6 Å². The summed E-state index contributed by atoms with van der Waals surface area (Å²) in [5, 5.41) is 11.3. The highest BCUT2D eigenvalue weighted by Gasteiger charge is 2.29. The number of aromatic hydroxyl groups is 1. The van der Waals surface area contributed by atoms with E-state index in [1.165, 1.54) is 5.69 Å². The maximum atomic E-state index is 10.6. The summed E-state index contributed by atoms with van der Waals surface area (Å²) in [6, 6.07) is 17.9. The second kappa shape index (κ2) is 7.67. The zero-order chi connectivity index (χ0) is 18.8. The first-order valence-corrected chi connectivity index (χ1v) is 9.55. The van der Waals surface area contributed by atoms with Crippen molar-refractivity contribution in [3.63, 3.8) is 0 Å². The molecule has 5 heteroatoms. The summed E-state index contributed by atoms with van der Waals surface area (Å²) in [5.74, 6) is 0.706. The molecule has 1 aliphatic heterocycles. The summed E-state index contributed by atoms with van der Waals surface area (Å²) in [7, 11) is 1.57. The van der Waals surface area contributed by atoms with E-state index in [1.807, 2.05) is 30.3 Å². The monoisotopic (exact) mass is 382 g/mol. The molecule has 3 aromatic rings. The largest absolute Gasteiger partial charge is 0.504 e. The molecule has 2 aromatic carbocycles. The summed E-state index contributed by atoms with van der Waals surface area (Å²) in [5.41, 5.74) is 3.16. The lowest BCUT2D eigenvalue weighted by molar-refractivity contribution is 0.217. The number of halogens is 1. The van der Waals surface area contributed by atoms with Crippen molar-refractivity contribution in [3.05, 3.63) is 82.6 Å². The predicted molar refractivity (Wildman–Crippen MR) is 107 cm³/mol. The molecule has 2 heterocycles. The van der Waals surface area contributed by atoms with Crippen molar-refractivity contribution in [2.24, 2.45) is 0 Å². The molecule has 0 spiro atoms. The van der Waals surface area contributed by atoms with Crippen molar-refractivity contribution >= 4 is 11.6 Å². The second-order valence-corrected chi connectivity index (χ2v) is 7.25. The molecule has 1 atom stereocenters. The van der Waals surface area contributed by atoms with Crippen LogP contribution in [0.5, 0.6) is 11.5 Å². The molecule has 140 valence electrons. The lowest BCUT2D eigenvalue weighted by Crippen LogP contribution is -2.29. The van der Waals surface area contributed by atoms with E-state index >= 15 is 0 Å². The Hall–Kier alpha value is -2.43. The van der Waals surface area contributed by atoms with E-state index in [4.69, 9.17) is 16.3 Å². The number of benzene rings is 2. The lowest BCUT2D eigenvalue weighted by Gasteiger charge is -2.31. The van der Waals surface area contributed by atoms with Gasteiger partial charge in [-0.05, 0) is 36.2 Å². The molecule has 0 amide bonds. The molecule has 1 unspecified atom stereocenters. The van der Waals surface area contributed by atoms with Gasteiger partial charge in [-0.3, -0.25) is 4.90 Å².